The van der Waals surface area contributed by atoms with Crippen LogP contribution in [0.2, 0.25) is 0 Å². The molecule has 2 rings (SSSR count). The molecule has 0 aliphatic heterocycles. The van der Waals surface area contributed by atoms with Crippen LogP contribution < -0.4 is 11.1 Å². The molecule has 0 atom stereocenters. The van der Waals surface area contributed by atoms with Gasteiger partial charge in [0.15, 0.2) is 0 Å². The Morgan fingerprint density at radius 2 is 2.20 bits per heavy atom. The van der Waals surface area contributed by atoms with Crippen LogP contribution in [0.15, 0.2) is 24.3 Å². The lowest BCUT2D eigenvalue weighted by molar-refractivity contribution is 0.612. The van der Waals surface area contributed by atoms with Crippen molar-refractivity contribution in [3.05, 3.63) is 35.6 Å². The third-order valence-corrected chi connectivity index (χ3v) is 1.90. The molecule has 0 fully saturated rings. The highest BCUT2D eigenvalue weighted by molar-refractivity contribution is 5.31. The molecule has 2 aromatic rings. The number of aromatic amines is 1. The van der Waals surface area contributed by atoms with Gasteiger partial charge in [0.25, 0.3) is 0 Å². The molecule has 1 heterocycles. The number of hydrogen-bond acceptors (Lipinski definition) is 4. The Balaban J connectivity index is 2.02. The summed E-state index contributed by atoms with van der Waals surface area (Å²) in [5, 5.41) is 9.09. The van der Waals surface area contributed by atoms with Crippen molar-refractivity contribution in [2.24, 2.45) is 0 Å². The molecule has 0 radical (unpaired) electrons. The van der Waals surface area contributed by atoms with Gasteiger partial charge in [-0.25, -0.2) is 9.49 Å². The first kappa shape index (κ1) is 9.45. The van der Waals surface area contributed by atoms with Crippen molar-refractivity contribution < 1.29 is 4.39 Å². The summed E-state index contributed by atoms with van der Waals surface area (Å²) in [4.78, 5) is 3.83. The Labute approximate surface area is 85.5 Å². The molecule has 1 aromatic heterocycles. The zero-order valence-electron chi connectivity index (χ0n) is 7.87. The molecule has 5 nitrogen and oxygen atoms in total. The Morgan fingerprint density at radius 1 is 1.40 bits per heavy atom. The summed E-state index contributed by atoms with van der Waals surface area (Å²) in [6.07, 6.45) is 0. The highest BCUT2D eigenvalue weighted by Crippen LogP contribution is 2.08. The third-order valence-electron chi connectivity index (χ3n) is 1.90. The number of halogens is 1. The minimum absolute atomic E-state index is 0.228. The van der Waals surface area contributed by atoms with E-state index in [0.717, 1.165) is 0 Å². The summed E-state index contributed by atoms with van der Waals surface area (Å²) in [6, 6.07) is 6.51. The van der Waals surface area contributed by atoms with Gasteiger partial charge in [0.05, 0.1) is 0 Å². The van der Waals surface area contributed by atoms with Gasteiger partial charge in [-0.1, -0.05) is 18.2 Å². The molecular formula is C9H10FN5. The third kappa shape index (κ3) is 2.22. The van der Waals surface area contributed by atoms with Gasteiger partial charge in [-0.15, -0.1) is 5.10 Å². The Kier molecular flexibility index (Phi) is 2.49. The minimum atomic E-state index is -0.256. The number of H-pyrrole nitrogens is 1. The Bertz CT molecular complexity index is 453. The molecule has 15 heavy (non-hydrogen) atoms. The second-order valence-electron chi connectivity index (χ2n) is 2.99. The number of rotatable bonds is 3. The lowest BCUT2D eigenvalue weighted by Gasteiger charge is -2.02. The summed E-state index contributed by atoms with van der Waals surface area (Å²) in [7, 11) is 0. The zero-order chi connectivity index (χ0) is 10.7. The maximum atomic E-state index is 13.2. The van der Waals surface area contributed by atoms with Gasteiger partial charge in [0, 0.05) is 12.1 Å². The molecule has 0 saturated heterocycles. The van der Waals surface area contributed by atoms with E-state index >= 15 is 0 Å². The standard InChI is InChI=1S/C9H10FN5/c10-7-4-2-1-3-6(7)5-12-9-13-8(11)14-15-9/h1-4H,5H2,(H4,11,12,13,14,15). The van der Waals surface area contributed by atoms with E-state index in [4.69, 9.17) is 5.73 Å². The summed E-state index contributed by atoms with van der Waals surface area (Å²) in [6.45, 7) is 0.323. The Hall–Kier alpha value is -2.11. The fourth-order valence-corrected chi connectivity index (χ4v) is 1.17. The fraction of sp³-hybridized carbons (Fsp3) is 0.111. The molecule has 78 valence electrons. The number of aromatic nitrogens is 3. The second-order valence-corrected chi connectivity index (χ2v) is 2.99. The van der Waals surface area contributed by atoms with E-state index < -0.39 is 0 Å². The predicted octanol–water partition coefficient (Wildman–Crippen LogP) is 1.14. The minimum Gasteiger partial charge on any atom is -0.368 e. The Morgan fingerprint density at radius 3 is 2.87 bits per heavy atom. The normalized spacial score (nSPS) is 10.2. The van der Waals surface area contributed by atoms with Crippen LogP contribution in [0.1, 0.15) is 5.56 Å². The van der Waals surface area contributed by atoms with Crippen molar-refractivity contribution in [2.75, 3.05) is 11.1 Å². The van der Waals surface area contributed by atoms with Crippen LogP contribution in [-0.4, -0.2) is 15.2 Å². The predicted molar refractivity (Wildman–Crippen MR) is 54.5 cm³/mol. The summed E-state index contributed by atoms with van der Waals surface area (Å²) >= 11 is 0. The van der Waals surface area contributed by atoms with Crippen LogP contribution in [0.4, 0.5) is 16.3 Å². The first-order chi connectivity index (χ1) is 7.25. The molecule has 0 bridgehead atoms. The zero-order valence-corrected chi connectivity index (χ0v) is 7.87. The molecule has 0 spiro atoms. The maximum Gasteiger partial charge on any atom is 0.243 e. The number of nitrogens with two attached hydrogens (primary N) is 1. The van der Waals surface area contributed by atoms with Crippen molar-refractivity contribution in [1.29, 1.82) is 0 Å². The molecule has 0 amide bonds. The highest BCUT2D eigenvalue weighted by atomic mass is 19.1. The van der Waals surface area contributed by atoms with Crippen molar-refractivity contribution in [3.8, 4) is 0 Å². The lowest BCUT2D eigenvalue weighted by Crippen LogP contribution is -2.02. The maximum absolute atomic E-state index is 13.2. The average molecular weight is 207 g/mol. The van der Waals surface area contributed by atoms with Gasteiger partial charge in [0.2, 0.25) is 11.9 Å². The number of nitrogens with one attached hydrogen (secondary N) is 2. The first-order valence-corrected chi connectivity index (χ1v) is 4.41. The number of hydrogen-bond donors (Lipinski definition) is 3. The van der Waals surface area contributed by atoms with Gasteiger partial charge in [-0.2, -0.15) is 4.98 Å². The van der Waals surface area contributed by atoms with Crippen LogP contribution in [0.5, 0.6) is 0 Å². The van der Waals surface area contributed by atoms with E-state index in [-0.39, 0.29) is 11.8 Å². The lowest BCUT2D eigenvalue weighted by atomic mass is 10.2. The first-order valence-electron chi connectivity index (χ1n) is 4.41. The van der Waals surface area contributed by atoms with Crippen molar-refractivity contribution in [3.63, 3.8) is 0 Å². The SMILES string of the molecule is Nc1nc(NCc2ccccc2F)n[nH]1. The highest BCUT2D eigenvalue weighted by Gasteiger charge is 2.02. The van der Waals surface area contributed by atoms with Gasteiger partial charge < -0.3 is 11.1 Å². The van der Waals surface area contributed by atoms with E-state index in [1.807, 2.05) is 0 Å². The largest absolute Gasteiger partial charge is 0.368 e. The topological polar surface area (TPSA) is 79.6 Å². The molecule has 0 aliphatic carbocycles. The smallest absolute Gasteiger partial charge is 0.243 e. The second kappa shape index (κ2) is 3.95. The van der Waals surface area contributed by atoms with Crippen LogP contribution in [0.3, 0.4) is 0 Å². The van der Waals surface area contributed by atoms with E-state index in [9.17, 15) is 4.39 Å². The number of nitrogen functional groups attached to an aromatic ring is 1. The number of nitrogens with zero attached hydrogens (tertiary/aromatic N) is 2. The van der Waals surface area contributed by atoms with Crippen molar-refractivity contribution in [2.45, 2.75) is 6.54 Å². The summed E-state index contributed by atoms with van der Waals surface area (Å²) in [5.41, 5.74) is 5.89. The monoisotopic (exact) mass is 207 g/mol. The van der Waals surface area contributed by atoms with Gasteiger partial charge in [-0.3, -0.25) is 0 Å². The van der Waals surface area contributed by atoms with Crippen LogP contribution in [0, 0.1) is 5.82 Å². The van der Waals surface area contributed by atoms with Crippen molar-refractivity contribution >= 4 is 11.9 Å². The average Bonchev–Trinajstić information content (AvgIpc) is 2.63. The van der Waals surface area contributed by atoms with E-state index in [0.29, 0.717) is 18.1 Å². The molecule has 0 saturated carbocycles. The fourth-order valence-electron chi connectivity index (χ4n) is 1.17. The van der Waals surface area contributed by atoms with Gasteiger partial charge in [-0.05, 0) is 6.07 Å². The molecule has 6 heteroatoms. The molecule has 0 unspecified atom stereocenters. The van der Waals surface area contributed by atoms with Crippen LogP contribution in [-0.2, 0) is 6.54 Å². The van der Waals surface area contributed by atoms with Gasteiger partial charge in [0.1, 0.15) is 5.82 Å². The van der Waals surface area contributed by atoms with Crippen molar-refractivity contribution in [1.82, 2.24) is 15.2 Å². The molecule has 0 aliphatic rings. The van der Waals surface area contributed by atoms with E-state index in [1.54, 1.807) is 18.2 Å². The molecule has 4 N–H and O–H groups in total. The number of anilines is 2. The summed E-state index contributed by atoms with van der Waals surface area (Å²) in [5.74, 6) is 0.329. The van der Waals surface area contributed by atoms with Gasteiger partial charge >= 0.3 is 0 Å². The van der Waals surface area contributed by atoms with E-state index in [1.165, 1.54) is 6.07 Å². The molecular weight excluding hydrogens is 197 g/mol. The van der Waals surface area contributed by atoms with Crippen LogP contribution in [0.25, 0.3) is 0 Å². The van der Waals surface area contributed by atoms with Crippen LogP contribution >= 0.6 is 0 Å². The summed E-state index contributed by atoms with van der Waals surface area (Å²) < 4.78 is 13.2. The molecule has 1 aromatic carbocycles. The van der Waals surface area contributed by atoms with E-state index in [2.05, 4.69) is 20.5 Å². The quantitative estimate of drug-likeness (QED) is 0.705. The number of benzene rings is 1.